The number of amides is 3. The third kappa shape index (κ3) is 3.64. The average molecular weight is 410 g/mol. The first-order chi connectivity index (χ1) is 14.5. The van der Waals surface area contributed by atoms with E-state index in [1.54, 1.807) is 0 Å². The number of nitrogens with zero attached hydrogens (tertiary/aromatic N) is 2. The van der Waals surface area contributed by atoms with Gasteiger partial charge in [0.05, 0.1) is 16.7 Å². The molecule has 2 atom stereocenters. The van der Waals surface area contributed by atoms with E-state index in [4.69, 9.17) is 4.74 Å². The summed E-state index contributed by atoms with van der Waals surface area (Å²) in [6.07, 6.45) is 8.17. The molecule has 0 bridgehead atoms. The number of carbonyl (C=O) groups excluding carboxylic acids is 4. The molecule has 1 aromatic rings. The molecular formula is C23H26N2O5. The molecule has 7 nitrogen and oxygen atoms in total. The number of piperidine rings is 1. The minimum Gasteiger partial charge on any atom is -0.452 e. The monoisotopic (exact) mass is 410 g/mol. The van der Waals surface area contributed by atoms with E-state index in [1.165, 1.54) is 43.5 Å². The van der Waals surface area contributed by atoms with Gasteiger partial charge in [0.2, 0.25) is 0 Å². The van der Waals surface area contributed by atoms with Gasteiger partial charge in [0.1, 0.15) is 0 Å². The average Bonchev–Trinajstić information content (AvgIpc) is 3.01. The second-order valence-electron chi connectivity index (χ2n) is 8.19. The number of imide groups is 1. The van der Waals surface area contributed by atoms with E-state index in [0.717, 1.165) is 24.2 Å². The third-order valence-corrected chi connectivity index (χ3v) is 6.41. The zero-order valence-corrected chi connectivity index (χ0v) is 17.0. The Morgan fingerprint density at radius 3 is 2.60 bits per heavy atom. The Kier molecular flexibility index (Phi) is 5.70. The third-order valence-electron chi connectivity index (χ3n) is 6.41. The van der Waals surface area contributed by atoms with Crippen LogP contribution >= 0.6 is 0 Å². The molecule has 1 aliphatic carbocycles. The number of likely N-dealkylation sites (tertiary alicyclic amines) is 1. The van der Waals surface area contributed by atoms with Crippen molar-refractivity contribution in [2.24, 2.45) is 5.92 Å². The standard InChI is InChI=1S/C23H26N2O5/c1-2-11-25-21(27)17-10-9-16(13-18(17)22(25)28)23(29)30-14-20(26)24-12-5-7-15-6-3-4-8-19(15)24/h2,9-10,13,15,19H,1,3-8,11-12,14H2/t15-,19-/m0/s1. The second kappa shape index (κ2) is 8.42. The minimum atomic E-state index is -0.675. The van der Waals surface area contributed by atoms with Crippen molar-refractivity contribution in [3.63, 3.8) is 0 Å². The predicted octanol–water partition coefficient (Wildman–Crippen LogP) is 2.81. The number of benzene rings is 1. The van der Waals surface area contributed by atoms with Crippen molar-refractivity contribution in [1.29, 1.82) is 0 Å². The van der Waals surface area contributed by atoms with E-state index >= 15 is 0 Å². The normalized spacial score (nSPS) is 23.1. The number of carbonyl (C=O) groups is 4. The van der Waals surface area contributed by atoms with Crippen molar-refractivity contribution in [3.8, 4) is 0 Å². The number of fused-ring (bicyclic) bond motifs is 2. The highest BCUT2D eigenvalue weighted by molar-refractivity contribution is 6.22. The molecule has 0 aromatic heterocycles. The Labute approximate surface area is 175 Å². The molecular weight excluding hydrogens is 384 g/mol. The lowest BCUT2D eigenvalue weighted by atomic mass is 9.78. The van der Waals surface area contributed by atoms with Crippen LogP contribution < -0.4 is 0 Å². The SMILES string of the molecule is C=CCN1C(=O)c2ccc(C(=O)OCC(=O)N3CCC[C@@H]4CCCC[C@@H]43)cc2C1=O. The molecule has 3 amide bonds. The van der Waals surface area contributed by atoms with Crippen LogP contribution in [0.3, 0.4) is 0 Å². The lowest BCUT2D eigenvalue weighted by Crippen LogP contribution is -2.50. The Hall–Kier alpha value is -2.96. The lowest BCUT2D eigenvalue weighted by Gasteiger charge is -2.44. The molecule has 0 spiro atoms. The Balaban J connectivity index is 1.40. The summed E-state index contributed by atoms with van der Waals surface area (Å²) in [4.78, 5) is 52.9. The number of rotatable bonds is 5. The van der Waals surface area contributed by atoms with E-state index < -0.39 is 17.8 Å². The van der Waals surface area contributed by atoms with Crippen LogP contribution in [0.4, 0.5) is 0 Å². The van der Waals surface area contributed by atoms with Gasteiger partial charge >= 0.3 is 5.97 Å². The van der Waals surface area contributed by atoms with Gasteiger partial charge in [0.15, 0.2) is 6.61 Å². The first-order valence-corrected chi connectivity index (χ1v) is 10.6. The molecule has 1 saturated carbocycles. The Morgan fingerprint density at radius 2 is 1.80 bits per heavy atom. The fourth-order valence-electron chi connectivity index (χ4n) is 4.94. The van der Waals surface area contributed by atoms with Gasteiger partial charge < -0.3 is 9.64 Å². The maximum Gasteiger partial charge on any atom is 0.338 e. The van der Waals surface area contributed by atoms with E-state index in [9.17, 15) is 19.2 Å². The predicted molar refractivity (Wildman–Crippen MR) is 109 cm³/mol. The summed E-state index contributed by atoms with van der Waals surface area (Å²) < 4.78 is 5.26. The molecule has 2 fully saturated rings. The number of ether oxygens (including phenoxy) is 1. The first-order valence-electron chi connectivity index (χ1n) is 10.6. The topological polar surface area (TPSA) is 84.0 Å². The van der Waals surface area contributed by atoms with Gasteiger partial charge in [-0.25, -0.2) is 4.79 Å². The van der Waals surface area contributed by atoms with Crippen LogP contribution in [0, 0.1) is 5.92 Å². The molecule has 2 aliphatic heterocycles. The molecule has 1 saturated heterocycles. The fourth-order valence-corrected chi connectivity index (χ4v) is 4.94. The van der Waals surface area contributed by atoms with Gasteiger partial charge in [-0.3, -0.25) is 19.3 Å². The van der Waals surface area contributed by atoms with E-state index in [1.807, 2.05) is 4.90 Å². The van der Waals surface area contributed by atoms with Crippen molar-refractivity contribution in [1.82, 2.24) is 9.80 Å². The van der Waals surface area contributed by atoms with Gasteiger partial charge in [0, 0.05) is 19.1 Å². The van der Waals surface area contributed by atoms with Crippen LogP contribution in [0.2, 0.25) is 0 Å². The van der Waals surface area contributed by atoms with E-state index in [-0.39, 0.29) is 41.8 Å². The minimum absolute atomic E-state index is 0.110. The summed E-state index contributed by atoms with van der Waals surface area (Å²) in [6.45, 7) is 4.06. The highest BCUT2D eigenvalue weighted by Crippen LogP contribution is 2.35. The van der Waals surface area contributed by atoms with Crippen LogP contribution in [0.5, 0.6) is 0 Å². The number of esters is 1. The van der Waals surface area contributed by atoms with Crippen LogP contribution in [0.25, 0.3) is 0 Å². The molecule has 158 valence electrons. The molecule has 4 rings (SSSR count). The van der Waals surface area contributed by atoms with Crippen LogP contribution in [-0.2, 0) is 9.53 Å². The second-order valence-corrected chi connectivity index (χ2v) is 8.19. The quantitative estimate of drug-likeness (QED) is 0.423. The molecule has 0 radical (unpaired) electrons. The van der Waals surface area contributed by atoms with Gasteiger partial charge in [-0.15, -0.1) is 6.58 Å². The first kappa shape index (κ1) is 20.3. The highest BCUT2D eigenvalue weighted by atomic mass is 16.5. The maximum absolute atomic E-state index is 12.7. The Morgan fingerprint density at radius 1 is 1.07 bits per heavy atom. The molecule has 0 unspecified atom stereocenters. The van der Waals surface area contributed by atoms with Crippen molar-refractivity contribution in [2.75, 3.05) is 19.7 Å². The summed E-state index contributed by atoms with van der Waals surface area (Å²) in [6, 6.07) is 4.53. The molecule has 2 heterocycles. The van der Waals surface area contributed by atoms with E-state index in [0.29, 0.717) is 12.5 Å². The lowest BCUT2D eigenvalue weighted by molar-refractivity contribution is -0.140. The van der Waals surface area contributed by atoms with Gasteiger partial charge in [-0.2, -0.15) is 0 Å². The molecule has 1 aromatic carbocycles. The molecule has 7 heteroatoms. The maximum atomic E-state index is 12.7. The van der Waals surface area contributed by atoms with Gasteiger partial charge in [-0.1, -0.05) is 18.9 Å². The zero-order chi connectivity index (χ0) is 21.3. The van der Waals surface area contributed by atoms with E-state index in [2.05, 4.69) is 6.58 Å². The number of hydrogen-bond donors (Lipinski definition) is 0. The van der Waals surface area contributed by atoms with Crippen LogP contribution in [0.1, 0.15) is 69.6 Å². The summed E-state index contributed by atoms with van der Waals surface area (Å²) in [5, 5.41) is 0. The van der Waals surface area contributed by atoms with Crippen LogP contribution in [0.15, 0.2) is 30.9 Å². The zero-order valence-electron chi connectivity index (χ0n) is 17.0. The number of hydrogen-bond acceptors (Lipinski definition) is 5. The molecule has 0 N–H and O–H groups in total. The van der Waals surface area contributed by atoms with Gasteiger partial charge in [0.25, 0.3) is 17.7 Å². The smallest absolute Gasteiger partial charge is 0.338 e. The van der Waals surface area contributed by atoms with Gasteiger partial charge in [-0.05, 0) is 49.8 Å². The molecule has 30 heavy (non-hydrogen) atoms. The summed E-state index contributed by atoms with van der Waals surface area (Å²) in [7, 11) is 0. The fraction of sp³-hybridized carbons (Fsp3) is 0.478. The van der Waals surface area contributed by atoms with Crippen molar-refractivity contribution in [2.45, 2.75) is 44.6 Å². The van der Waals surface area contributed by atoms with Crippen molar-refractivity contribution in [3.05, 3.63) is 47.5 Å². The highest BCUT2D eigenvalue weighted by Gasteiger charge is 2.37. The summed E-state index contributed by atoms with van der Waals surface area (Å²) in [5.74, 6) is -1.14. The molecule has 3 aliphatic rings. The van der Waals surface area contributed by atoms with Crippen LogP contribution in [-0.4, -0.2) is 59.2 Å². The largest absolute Gasteiger partial charge is 0.452 e. The summed E-state index contributed by atoms with van der Waals surface area (Å²) >= 11 is 0. The van der Waals surface area contributed by atoms with Crippen molar-refractivity contribution < 1.29 is 23.9 Å². The Bertz CT molecular complexity index is 907. The summed E-state index contributed by atoms with van der Waals surface area (Å²) in [5.41, 5.74) is 0.576. The van der Waals surface area contributed by atoms with Crippen molar-refractivity contribution >= 4 is 23.7 Å².